The summed E-state index contributed by atoms with van der Waals surface area (Å²) in [6.07, 6.45) is 0. The van der Waals surface area contributed by atoms with Gasteiger partial charge in [-0.1, -0.05) is 6.07 Å². The molecule has 0 spiro atoms. The maximum Gasteiger partial charge on any atom is 0.160 e. The van der Waals surface area contributed by atoms with E-state index in [2.05, 4.69) is 5.32 Å². The molecule has 1 aromatic carbocycles. The van der Waals surface area contributed by atoms with Crippen LogP contribution in [0.5, 0.6) is 11.5 Å². The first kappa shape index (κ1) is 8.87. The van der Waals surface area contributed by atoms with Crippen LogP contribution in [0.15, 0.2) is 18.2 Å². The van der Waals surface area contributed by atoms with Gasteiger partial charge in [0.1, 0.15) is 0 Å². The molecule has 0 aliphatic carbocycles. The number of hydrogen-bond acceptors (Lipinski definition) is 3. The fraction of sp³-hybridized carbons (Fsp3) is 0.333. The van der Waals surface area contributed by atoms with Crippen molar-refractivity contribution in [2.45, 2.75) is 6.54 Å². The molecule has 0 aromatic heterocycles. The SMILES string of the molecule is CNCc1ccc(OC)c(O)c1. The van der Waals surface area contributed by atoms with Crippen molar-refractivity contribution in [3.05, 3.63) is 23.8 Å². The second kappa shape index (κ2) is 3.97. The Morgan fingerprint density at radius 1 is 1.50 bits per heavy atom. The zero-order valence-electron chi connectivity index (χ0n) is 7.29. The molecule has 3 nitrogen and oxygen atoms in total. The quantitative estimate of drug-likeness (QED) is 0.708. The van der Waals surface area contributed by atoms with Crippen LogP contribution in [0.1, 0.15) is 5.56 Å². The van der Waals surface area contributed by atoms with Gasteiger partial charge >= 0.3 is 0 Å². The summed E-state index contributed by atoms with van der Waals surface area (Å²) in [4.78, 5) is 0. The molecule has 1 rings (SSSR count). The summed E-state index contributed by atoms with van der Waals surface area (Å²) in [7, 11) is 3.40. The summed E-state index contributed by atoms with van der Waals surface area (Å²) < 4.78 is 4.91. The van der Waals surface area contributed by atoms with Crippen LogP contribution in [-0.2, 0) is 6.54 Å². The highest BCUT2D eigenvalue weighted by atomic mass is 16.5. The number of rotatable bonds is 3. The van der Waals surface area contributed by atoms with Gasteiger partial charge in [-0.25, -0.2) is 0 Å². The van der Waals surface area contributed by atoms with E-state index in [0.717, 1.165) is 12.1 Å². The number of benzene rings is 1. The second-order valence-corrected chi connectivity index (χ2v) is 2.54. The summed E-state index contributed by atoms with van der Waals surface area (Å²) in [6, 6.07) is 5.35. The van der Waals surface area contributed by atoms with Crippen LogP contribution in [0.25, 0.3) is 0 Å². The van der Waals surface area contributed by atoms with Crippen molar-refractivity contribution in [2.75, 3.05) is 14.2 Å². The highest BCUT2D eigenvalue weighted by Gasteiger charge is 2.00. The predicted molar refractivity (Wildman–Crippen MR) is 47.4 cm³/mol. The van der Waals surface area contributed by atoms with Crippen LogP contribution < -0.4 is 10.1 Å². The van der Waals surface area contributed by atoms with Crippen LogP contribution in [0.3, 0.4) is 0 Å². The molecule has 0 aliphatic heterocycles. The lowest BCUT2D eigenvalue weighted by Gasteiger charge is -2.05. The number of hydrogen-bond donors (Lipinski definition) is 2. The summed E-state index contributed by atoms with van der Waals surface area (Å²) in [5, 5.41) is 12.4. The van der Waals surface area contributed by atoms with Gasteiger partial charge in [0.2, 0.25) is 0 Å². The average Bonchev–Trinajstić information content (AvgIpc) is 2.05. The molecule has 3 heteroatoms. The van der Waals surface area contributed by atoms with E-state index in [9.17, 15) is 5.11 Å². The first-order valence-corrected chi connectivity index (χ1v) is 3.78. The monoisotopic (exact) mass is 167 g/mol. The Balaban J connectivity index is 2.86. The molecule has 0 saturated heterocycles. The maximum atomic E-state index is 9.37. The van der Waals surface area contributed by atoms with E-state index in [1.54, 1.807) is 12.1 Å². The minimum absolute atomic E-state index is 0.185. The Kier molecular flexibility index (Phi) is 2.94. The van der Waals surface area contributed by atoms with Crippen LogP contribution in [-0.4, -0.2) is 19.3 Å². The van der Waals surface area contributed by atoms with E-state index >= 15 is 0 Å². The van der Waals surface area contributed by atoms with Gasteiger partial charge in [-0.3, -0.25) is 0 Å². The standard InChI is InChI=1S/C9H13NO2/c1-10-6-7-3-4-9(12-2)8(11)5-7/h3-5,10-11H,6H2,1-2H3. The first-order valence-electron chi connectivity index (χ1n) is 3.78. The van der Waals surface area contributed by atoms with Crippen molar-refractivity contribution in [2.24, 2.45) is 0 Å². The second-order valence-electron chi connectivity index (χ2n) is 2.54. The lowest BCUT2D eigenvalue weighted by atomic mass is 10.2. The highest BCUT2D eigenvalue weighted by Crippen LogP contribution is 2.25. The number of nitrogens with one attached hydrogen (secondary N) is 1. The van der Waals surface area contributed by atoms with Crippen molar-refractivity contribution >= 4 is 0 Å². The fourth-order valence-corrected chi connectivity index (χ4v) is 1.05. The fourth-order valence-electron chi connectivity index (χ4n) is 1.05. The lowest BCUT2D eigenvalue weighted by Crippen LogP contribution is -2.04. The Labute approximate surface area is 72.0 Å². The third-order valence-electron chi connectivity index (χ3n) is 1.62. The van der Waals surface area contributed by atoms with Crippen LogP contribution in [0, 0.1) is 0 Å². The normalized spacial score (nSPS) is 9.83. The Morgan fingerprint density at radius 3 is 2.75 bits per heavy atom. The third-order valence-corrected chi connectivity index (χ3v) is 1.62. The van der Waals surface area contributed by atoms with Crippen molar-refractivity contribution in [1.29, 1.82) is 0 Å². The Hall–Kier alpha value is -1.22. The van der Waals surface area contributed by atoms with Gasteiger partial charge in [-0.05, 0) is 24.7 Å². The number of methoxy groups -OCH3 is 1. The molecule has 1 aromatic rings. The Morgan fingerprint density at radius 2 is 2.25 bits per heavy atom. The average molecular weight is 167 g/mol. The molecule has 0 radical (unpaired) electrons. The molecule has 0 amide bonds. The van der Waals surface area contributed by atoms with Gasteiger partial charge in [0, 0.05) is 6.54 Å². The van der Waals surface area contributed by atoms with Crippen molar-refractivity contribution in [3.63, 3.8) is 0 Å². The van der Waals surface area contributed by atoms with Gasteiger partial charge in [-0.15, -0.1) is 0 Å². The van der Waals surface area contributed by atoms with Gasteiger partial charge in [0.15, 0.2) is 11.5 Å². The number of ether oxygens (including phenoxy) is 1. The largest absolute Gasteiger partial charge is 0.504 e. The van der Waals surface area contributed by atoms with Crippen LogP contribution >= 0.6 is 0 Å². The molecule has 0 aliphatic rings. The lowest BCUT2D eigenvalue weighted by molar-refractivity contribution is 0.373. The summed E-state index contributed by atoms with van der Waals surface area (Å²) in [5.41, 5.74) is 1.04. The molecule has 12 heavy (non-hydrogen) atoms. The maximum absolute atomic E-state index is 9.37. The molecule has 66 valence electrons. The number of aromatic hydroxyl groups is 1. The van der Waals surface area contributed by atoms with Crippen molar-refractivity contribution < 1.29 is 9.84 Å². The molecule has 0 bridgehead atoms. The van der Waals surface area contributed by atoms with E-state index in [0.29, 0.717) is 5.75 Å². The van der Waals surface area contributed by atoms with Crippen LogP contribution in [0.4, 0.5) is 0 Å². The van der Waals surface area contributed by atoms with Crippen molar-refractivity contribution in [1.82, 2.24) is 5.32 Å². The van der Waals surface area contributed by atoms with E-state index in [1.165, 1.54) is 7.11 Å². The van der Waals surface area contributed by atoms with Gasteiger partial charge < -0.3 is 15.2 Å². The number of phenols is 1. The van der Waals surface area contributed by atoms with E-state index in [-0.39, 0.29) is 5.75 Å². The molecule has 2 N–H and O–H groups in total. The summed E-state index contributed by atoms with van der Waals surface area (Å²) in [5.74, 6) is 0.695. The zero-order chi connectivity index (χ0) is 8.97. The smallest absolute Gasteiger partial charge is 0.160 e. The Bertz CT molecular complexity index is 261. The van der Waals surface area contributed by atoms with E-state index in [1.807, 2.05) is 13.1 Å². The van der Waals surface area contributed by atoms with Crippen molar-refractivity contribution in [3.8, 4) is 11.5 Å². The zero-order valence-corrected chi connectivity index (χ0v) is 7.29. The predicted octanol–water partition coefficient (Wildman–Crippen LogP) is 1.12. The van der Waals surface area contributed by atoms with Gasteiger partial charge in [0.05, 0.1) is 7.11 Å². The molecule has 0 atom stereocenters. The summed E-state index contributed by atoms with van der Waals surface area (Å²) in [6.45, 7) is 0.748. The molecular formula is C9H13NO2. The van der Waals surface area contributed by atoms with E-state index in [4.69, 9.17) is 4.74 Å². The topological polar surface area (TPSA) is 41.5 Å². The third kappa shape index (κ3) is 1.89. The van der Waals surface area contributed by atoms with Gasteiger partial charge in [0.25, 0.3) is 0 Å². The first-order chi connectivity index (χ1) is 5.77. The molecule has 0 saturated carbocycles. The molecule has 0 heterocycles. The molecule has 0 unspecified atom stereocenters. The minimum Gasteiger partial charge on any atom is -0.504 e. The molecule has 0 fully saturated rings. The van der Waals surface area contributed by atoms with Crippen LogP contribution in [0.2, 0.25) is 0 Å². The van der Waals surface area contributed by atoms with Gasteiger partial charge in [-0.2, -0.15) is 0 Å². The summed E-state index contributed by atoms with van der Waals surface area (Å²) >= 11 is 0. The highest BCUT2D eigenvalue weighted by molar-refractivity contribution is 5.41. The minimum atomic E-state index is 0.185. The number of phenolic OH excluding ortho intramolecular Hbond substituents is 1. The molecular weight excluding hydrogens is 154 g/mol. The van der Waals surface area contributed by atoms with E-state index < -0.39 is 0 Å².